The number of carbonyl (C=O) groups is 2. The Hall–Kier alpha value is -1.59. The van der Waals surface area contributed by atoms with Crippen LogP contribution in [0.3, 0.4) is 0 Å². The van der Waals surface area contributed by atoms with Crippen molar-refractivity contribution in [2.75, 3.05) is 19.7 Å². The maximum absolute atomic E-state index is 13.1. The maximum atomic E-state index is 13.1. The first-order chi connectivity index (χ1) is 11.0. The summed E-state index contributed by atoms with van der Waals surface area (Å²) in [6.45, 7) is 1.24. The van der Waals surface area contributed by atoms with Crippen LogP contribution in [-0.4, -0.2) is 47.7 Å². The molecule has 124 valence electrons. The molecule has 0 radical (unpaired) electrons. The summed E-state index contributed by atoms with van der Waals surface area (Å²) in [4.78, 5) is 25.8. The number of benzene rings is 1. The number of carboxylic acid groups (broad SMARTS) is 1. The second-order valence-corrected chi connectivity index (χ2v) is 6.72. The van der Waals surface area contributed by atoms with Crippen molar-refractivity contribution in [3.63, 3.8) is 0 Å². The fraction of sp³-hybridized carbons (Fsp3) is 0.529. The Morgan fingerprint density at radius 1 is 1.39 bits per heavy atom. The van der Waals surface area contributed by atoms with Gasteiger partial charge in [0.2, 0.25) is 5.91 Å². The minimum Gasteiger partial charge on any atom is -0.481 e. The summed E-state index contributed by atoms with van der Waals surface area (Å²) < 4.78 is 5.46. The Balaban J connectivity index is 1.79. The average Bonchev–Trinajstić information content (AvgIpc) is 2.45. The topological polar surface area (TPSA) is 66.8 Å². The summed E-state index contributed by atoms with van der Waals surface area (Å²) in [6.07, 6.45) is 2.14. The van der Waals surface area contributed by atoms with Crippen LogP contribution in [0.25, 0.3) is 0 Å². The van der Waals surface area contributed by atoms with Gasteiger partial charge in [0, 0.05) is 18.1 Å². The smallest absolute Gasteiger partial charge is 0.306 e. The van der Waals surface area contributed by atoms with Gasteiger partial charge in [-0.05, 0) is 30.5 Å². The number of carbonyl (C=O) groups excluding carboxylic acids is 1. The number of hydrogen-bond acceptors (Lipinski definition) is 3. The first-order valence-electron chi connectivity index (χ1n) is 7.90. The van der Waals surface area contributed by atoms with Crippen LogP contribution in [0.2, 0.25) is 5.02 Å². The lowest BCUT2D eigenvalue weighted by molar-refractivity contribution is -0.153. The molecule has 1 aromatic rings. The molecular formula is C17H20ClNO4. The van der Waals surface area contributed by atoms with Gasteiger partial charge >= 0.3 is 5.97 Å². The third kappa shape index (κ3) is 3.21. The number of ether oxygens (including phenoxy) is 1. The van der Waals surface area contributed by atoms with Crippen molar-refractivity contribution in [3.8, 4) is 0 Å². The van der Waals surface area contributed by atoms with Crippen molar-refractivity contribution >= 4 is 23.5 Å². The molecule has 1 aliphatic heterocycles. The van der Waals surface area contributed by atoms with E-state index in [0.29, 0.717) is 24.7 Å². The van der Waals surface area contributed by atoms with Gasteiger partial charge in [-0.15, -0.1) is 0 Å². The Morgan fingerprint density at radius 2 is 2.17 bits per heavy atom. The Labute approximate surface area is 140 Å². The van der Waals surface area contributed by atoms with Crippen LogP contribution in [-0.2, 0) is 19.7 Å². The highest BCUT2D eigenvalue weighted by Gasteiger charge is 2.48. The molecule has 1 atom stereocenters. The number of morpholine rings is 1. The zero-order valence-electron chi connectivity index (χ0n) is 12.8. The second-order valence-electron chi connectivity index (χ2n) is 6.29. The molecule has 1 saturated carbocycles. The molecule has 2 fully saturated rings. The van der Waals surface area contributed by atoms with Crippen LogP contribution >= 0.6 is 11.6 Å². The van der Waals surface area contributed by atoms with E-state index in [9.17, 15) is 9.59 Å². The molecule has 1 N–H and O–H groups in total. The highest BCUT2D eigenvalue weighted by atomic mass is 35.5. The van der Waals surface area contributed by atoms with Crippen LogP contribution < -0.4 is 0 Å². The number of halogens is 1. The Bertz CT molecular complexity index is 614. The minimum atomic E-state index is -0.905. The molecule has 1 saturated heterocycles. The van der Waals surface area contributed by atoms with E-state index in [1.165, 1.54) is 0 Å². The lowest BCUT2D eigenvalue weighted by atomic mass is 9.63. The van der Waals surface area contributed by atoms with Crippen molar-refractivity contribution in [1.29, 1.82) is 0 Å². The van der Waals surface area contributed by atoms with Crippen molar-refractivity contribution in [1.82, 2.24) is 4.90 Å². The van der Waals surface area contributed by atoms with Gasteiger partial charge in [-0.1, -0.05) is 30.2 Å². The molecule has 5 nitrogen and oxygen atoms in total. The van der Waals surface area contributed by atoms with Gasteiger partial charge in [0.25, 0.3) is 0 Å². The van der Waals surface area contributed by atoms with Crippen LogP contribution in [0, 0.1) is 0 Å². The average molecular weight is 338 g/mol. The van der Waals surface area contributed by atoms with Crippen LogP contribution in [0.5, 0.6) is 0 Å². The van der Waals surface area contributed by atoms with Crippen molar-refractivity contribution in [2.24, 2.45) is 0 Å². The number of hydrogen-bond donors (Lipinski definition) is 1. The Kier molecular flexibility index (Phi) is 4.60. The summed E-state index contributed by atoms with van der Waals surface area (Å²) in [5.74, 6) is -0.831. The number of aliphatic carboxylic acids is 1. The first-order valence-corrected chi connectivity index (χ1v) is 8.28. The molecule has 0 aromatic heterocycles. The van der Waals surface area contributed by atoms with E-state index in [0.717, 1.165) is 24.8 Å². The fourth-order valence-corrected chi connectivity index (χ4v) is 3.66. The number of rotatable bonds is 4. The van der Waals surface area contributed by atoms with Crippen LogP contribution in [0.1, 0.15) is 31.2 Å². The molecule has 23 heavy (non-hydrogen) atoms. The normalized spacial score (nSPS) is 23.2. The summed E-state index contributed by atoms with van der Waals surface area (Å²) >= 11 is 6.09. The number of nitrogens with zero attached hydrogens (tertiary/aromatic N) is 1. The molecule has 1 amide bonds. The van der Waals surface area contributed by atoms with E-state index in [2.05, 4.69) is 0 Å². The molecule has 3 rings (SSSR count). The zero-order chi connectivity index (χ0) is 16.4. The van der Waals surface area contributed by atoms with E-state index in [-0.39, 0.29) is 12.3 Å². The summed E-state index contributed by atoms with van der Waals surface area (Å²) in [7, 11) is 0. The lowest BCUT2D eigenvalue weighted by Crippen LogP contribution is -2.55. The lowest BCUT2D eigenvalue weighted by Gasteiger charge is -2.45. The van der Waals surface area contributed by atoms with E-state index in [1.54, 1.807) is 11.0 Å². The van der Waals surface area contributed by atoms with Gasteiger partial charge in [-0.3, -0.25) is 9.59 Å². The molecule has 6 heteroatoms. The quantitative estimate of drug-likeness (QED) is 0.916. The van der Waals surface area contributed by atoms with Gasteiger partial charge in [0.15, 0.2) is 0 Å². The summed E-state index contributed by atoms with van der Waals surface area (Å²) in [5.41, 5.74) is 0.457. The third-order valence-electron chi connectivity index (χ3n) is 4.82. The predicted octanol–water partition coefficient (Wildman–Crippen LogP) is 2.46. The van der Waals surface area contributed by atoms with Crippen LogP contribution in [0.15, 0.2) is 24.3 Å². The SMILES string of the molecule is O=C(O)C[C@@H]1CN(C(=O)C2(c3cccc(Cl)c3)CCC2)CCO1. The van der Waals surface area contributed by atoms with E-state index in [1.807, 2.05) is 18.2 Å². The van der Waals surface area contributed by atoms with E-state index < -0.39 is 17.5 Å². The standard InChI is InChI=1S/C17H20ClNO4/c18-13-4-1-3-12(9-13)17(5-2-6-17)16(22)19-7-8-23-14(11-19)10-15(20)21/h1,3-4,9,14H,2,5-8,10-11H2,(H,20,21)/t14-/m1/s1. The van der Waals surface area contributed by atoms with Crippen molar-refractivity contribution in [2.45, 2.75) is 37.2 Å². The monoisotopic (exact) mass is 337 g/mol. The molecular weight excluding hydrogens is 318 g/mol. The van der Waals surface area contributed by atoms with Gasteiger partial charge in [-0.25, -0.2) is 0 Å². The largest absolute Gasteiger partial charge is 0.481 e. The summed E-state index contributed by atoms with van der Waals surface area (Å²) in [6, 6.07) is 7.50. The predicted molar refractivity (Wildman–Crippen MR) is 85.6 cm³/mol. The van der Waals surface area contributed by atoms with Gasteiger partial charge in [0.05, 0.1) is 24.5 Å². The molecule has 0 spiro atoms. The van der Waals surface area contributed by atoms with Gasteiger partial charge in [-0.2, -0.15) is 0 Å². The zero-order valence-corrected chi connectivity index (χ0v) is 13.6. The third-order valence-corrected chi connectivity index (χ3v) is 5.06. The van der Waals surface area contributed by atoms with Crippen molar-refractivity contribution in [3.05, 3.63) is 34.9 Å². The summed E-state index contributed by atoms with van der Waals surface area (Å²) in [5, 5.41) is 9.55. The van der Waals surface area contributed by atoms with Gasteiger partial charge < -0.3 is 14.7 Å². The molecule has 1 heterocycles. The molecule has 1 aromatic carbocycles. The minimum absolute atomic E-state index is 0.0738. The molecule has 1 aliphatic carbocycles. The first kappa shape index (κ1) is 16.3. The van der Waals surface area contributed by atoms with Gasteiger partial charge in [0.1, 0.15) is 0 Å². The Morgan fingerprint density at radius 3 is 2.78 bits per heavy atom. The highest BCUT2D eigenvalue weighted by molar-refractivity contribution is 6.30. The molecule has 0 unspecified atom stereocenters. The number of carboxylic acids is 1. The van der Waals surface area contributed by atoms with Crippen molar-refractivity contribution < 1.29 is 19.4 Å². The molecule has 2 aliphatic rings. The number of amides is 1. The van der Waals surface area contributed by atoms with Crippen LogP contribution in [0.4, 0.5) is 0 Å². The van der Waals surface area contributed by atoms with E-state index >= 15 is 0 Å². The highest BCUT2D eigenvalue weighted by Crippen LogP contribution is 2.46. The van der Waals surface area contributed by atoms with E-state index in [4.69, 9.17) is 21.4 Å². The second kappa shape index (κ2) is 6.49. The molecule has 0 bridgehead atoms. The maximum Gasteiger partial charge on any atom is 0.306 e. The fourth-order valence-electron chi connectivity index (χ4n) is 3.47.